The van der Waals surface area contributed by atoms with Crippen molar-refractivity contribution in [3.8, 4) is 0 Å². The first-order valence-electron chi connectivity index (χ1n) is 7.51. The number of aryl methyl sites for hydroxylation is 3. The van der Waals surface area contributed by atoms with E-state index in [9.17, 15) is 0 Å². The lowest BCUT2D eigenvalue weighted by molar-refractivity contribution is 0.573. The molecule has 2 rings (SSSR count). The lowest BCUT2D eigenvalue weighted by Gasteiger charge is -2.08. The van der Waals surface area contributed by atoms with Gasteiger partial charge in [-0.2, -0.15) is 10.1 Å². The van der Waals surface area contributed by atoms with Crippen molar-refractivity contribution in [2.75, 3.05) is 23.7 Å². The average Bonchev–Trinajstić information content (AvgIpc) is 2.80. The second-order valence-corrected chi connectivity index (χ2v) is 5.12. The van der Waals surface area contributed by atoms with Crippen LogP contribution < -0.4 is 10.6 Å². The zero-order valence-electron chi connectivity index (χ0n) is 13.1. The zero-order chi connectivity index (χ0) is 15.1. The molecule has 2 N–H and O–H groups in total. The van der Waals surface area contributed by atoms with Crippen molar-refractivity contribution in [2.24, 2.45) is 0 Å². The lowest BCUT2D eigenvalue weighted by Crippen LogP contribution is -2.11. The van der Waals surface area contributed by atoms with E-state index in [1.807, 2.05) is 17.7 Å². The van der Waals surface area contributed by atoms with E-state index in [0.717, 1.165) is 44.0 Å². The standard InChI is InChI=1S/C15H24N6/c1-4-7-17-15-18-9-6-14(19-15)16-8-5-10-21-13(3)11-12(2)20-21/h6,9,11H,4-5,7-8,10H2,1-3H3,(H2,16,17,18,19). The molecule has 6 heteroatoms. The van der Waals surface area contributed by atoms with Crippen molar-refractivity contribution >= 4 is 11.8 Å². The van der Waals surface area contributed by atoms with Gasteiger partial charge < -0.3 is 10.6 Å². The number of aromatic nitrogens is 4. The van der Waals surface area contributed by atoms with Crippen LogP contribution in [0.5, 0.6) is 0 Å². The van der Waals surface area contributed by atoms with Crippen molar-refractivity contribution in [1.82, 2.24) is 19.7 Å². The topological polar surface area (TPSA) is 67.7 Å². The highest BCUT2D eigenvalue weighted by atomic mass is 15.3. The molecule has 6 nitrogen and oxygen atoms in total. The van der Waals surface area contributed by atoms with Crippen LogP contribution in [0.15, 0.2) is 18.3 Å². The maximum absolute atomic E-state index is 4.46. The summed E-state index contributed by atoms with van der Waals surface area (Å²) in [5.74, 6) is 1.54. The van der Waals surface area contributed by atoms with Crippen LogP contribution in [-0.4, -0.2) is 32.8 Å². The first-order valence-corrected chi connectivity index (χ1v) is 7.51. The lowest BCUT2D eigenvalue weighted by atomic mass is 10.4. The van der Waals surface area contributed by atoms with E-state index in [0.29, 0.717) is 5.95 Å². The molecule has 0 amide bonds. The first-order chi connectivity index (χ1) is 10.2. The quantitative estimate of drug-likeness (QED) is 0.731. The molecule has 2 aromatic rings. The van der Waals surface area contributed by atoms with Gasteiger partial charge in [0.2, 0.25) is 5.95 Å². The third-order valence-electron chi connectivity index (χ3n) is 3.14. The second-order valence-electron chi connectivity index (χ2n) is 5.12. The van der Waals surface area contributed by atoms with Crippen molar-refractivity contribution in [1.29, 1.82) is 0 Å². The van der Waals surface area contributed by atoms with E-state index in [4.69, 9.17) is 0 Å². The van der Waals surface area contributed by atoms with Crippen LogP contribution in [0.2, 0.25) is 0 Å². The summed E-state index contributed by atoms with van der Waals surface area (Å²) >= 11 is 0. The van der Waals surface area contributed by atoms with Crippen LogP contribution in [0.4, 0.5) is 11.8 Å². The SMILES string of the molecule is CCCNc1nccc(NCCCn2nc(C)cc2C)n1. The molecule has 0 atom stereocenters. The summed E-state index contributed by atoms with van der Waals surface area (Å²) in [7, 11) is 0. The van der Waals surface area contributed by atoms with Gasteiger partial charge in [-0.1, -0.05) is 6.92 Å². The minimum Gasteiger partial charge on any atom is -0.370 e. The average molecular weight is 288 g/mol. The van der Waals surface area contributed by atoms with Crippen LogP contribution in [0, 0.1) is 13.8 Å². The molecule has 0 fully saturated rings. The van der Waals surface area contributed by atoms with Gasteiger partial charge in [-0.15, -0.1) is 0 Å². The Kier molecular flexibility index (Phi) is 5.54. The Morgan fingerprint density at radius 1 is 1.19 bits per heavy atom. The molecule has 0 unspecified atom stereocenters. The Morgan fingerprint density at radius 3 is 2.76 bits per heavy atom. The van der Waals surface area contributed by atoms with Gasteiger partial charge in [-0.3, -0.25) is 4.68 Å². The van der Waals surface area contributed by atoms with E-state index in [-0.39, 0.29) is 0 Å². The monoisotopic (exact) mass is 288 g/mol. The fraction of sp³-hybridized carbons (Fsp3) is 0.533. The third kappa shape index (κ3) is 4.73. The molecule has 0 bridgehead atoms. The molecule has 0 aliphatic heterocycles. The van der Waals surface area contributed by atoms with Crippen molar-refractivity contribution in [3.63, 3.8) is 0 Å². The molecule has 0 aromatic carbocycles. The Hall–Kier alpha value is -2.11. The summed E-state index contributed by atoms with van der Waals surface area (Å²) in [6, 6.07) is 3.99. The molecule has 0 saturated carbocycles. The highest BCUT2D eigenvalue weighted by Gasteiger charge is 2.01. The predicted octanol–water partition coefficient (Wildman–Crippen LogP) is 2.61. The number of nitrogens with one attached hydrogen (secondary N) is 2. The van der Waals surface area contributed by atoms with Crippen LogP contribution in [0.3, 0.4) is 0 Å². The summed E-state index contributed by atoms with van der Waals surface area (Å²) in [5, 5.41) is 11.0. The van der Waals surface area contributed by atoms with Crippen LogP contribution in [0.25, 0.3) is 0 Å². The second kappa shape index (κ2) is 7.61. The summed E-state index contributed by atoms with van der Waals surface area (Å²) in [5.41, 5.74) is 2.28. The summed E-state index contributed by atoms with van der Waals surface area (Å²) < 4.78 is 2.05. The summed E-state index contributed by atoms with van der Waals surface area (Å²) in [4.78, 5) is 8.61. The van der Waals surface area contributed by atoms with E-state index in [1.165, 1.54) is 5.69 Å². The number of rotatable bonds is 8. The molecule has 0 aliphatic rings. The van der Waals surface area contributed by atoms with Gasteiger partial charge in [0.15, 0.2) is 0 Å². The zero-order valence-corrected chi connectivity index (χ0v) is 13.1. The predicted molar refractivity (Wildman–Crippen MR) is 85.6 cm³/mol. The van der Waals surface area contributed by atoms with Gasteiger partial charge in [-0.05, 0) is 38.8 Å². The number of anilines is 2. The summed E-state index contributed by atoms with van der Waals surface area (Å²) in [6.07, 6.45) is 3.83. The fourth-order valence-electron chi connectivity index (χ4n) is 2.13. The molecule has 0 aliphatic carbocycles. The highest BCUT2D eigenvalue weighted by molar-refractivity contribution is 5.39. The van der Waals surface area contributed by atoms with Crippen molar-refractivity contribution in [3.05, 3.63) is 29.7 Å². The maximum Gasteiger partial charge on any atom is 0.224 e. The Labute approximate surface area is 126 Å². The number of hydrogen-bond donors (Lipinski definition) is 2. The molecular weight excluding hydrogens is 264 g/mol. The number of hydrogen-bond acceptors (Lipinski definition) is 5. The van der Waals surface area contributed by atoms with Crippen molar-refractivity contribution < 1.29 is 0 Å². The van der Waals surface area contributed by atoms with Gasteiger partial charge in [0.05, 0.1) is 5.69 Å². The van der Waals surface area contributed by atoms with Gasteiger partial charge in [-0.25, -0.2) is 4.98 Å². The van der Waals surface area contributed by atoms with E-state index >= 15 is 0 Å². The fourth-order valence-corrected chi connectivity index (χ4v) is 2.13. The van der Waals surface area contributed by atoms with Crippen LogP contribution in [-0.2, 0) is 6.54 Å². The van der Waals surface area contributed by atoms with Crippen LogP contribution >= 0.6 is 0 Å². The van der Waals surface area contributed by atoms with Gasteiger partial charge >= 0.3 is 0 Å². The molecule has 114 valence electrons. The van der Waals surface area contributed by atoms with Gasteiger partial charge in [0, 0.05) is 31.5 Å². The highest BCUT2D eigenvalue weighted by Crippen LogP contribution is 2.06. The first kappa shape index (κ1) is 15.3. The van der Waals surface area contributed by atoms with E-state index in [2.05, 4.69) is 45.6 Å². The van der Waals surface area contributed by atoms with E-state index in [1.54, 1.807) is 6.20 Å². The Morgan fingerprint density at radius 2 is 2.05 bits per heavy atom. The summed E-state index contributed by atoms with van der Waals surface area (Å²) in [6.45, 7) is 8.90. The molecule has 2 heterocycles. The minimum atomic E-state index is 0.681. The van der Waals surface area contributed by atoms with Gasteiger partial charge in [0.1, 0.15) is 5.82 Å². The smallest absolute Gasteiger partial charge is 0.224 e. The van der Waals surface area contributed by atoms with Gasteiger partial charge in [0.25, 0.3) is 0 Å². The molecule has 0 radical (unpaired) electrons. The Balaban J connectivity index is 1.76. The molecular formula is C15H24N6. The van der Waals surface area contributed by atoms with Crippen LogP contribution in [0.1, 0.15) is 31.2 Å². The van der Waals surface area contributed by atoms with Crippen molar-refractivity contribution in [2.45, 2.75) is 40.2 Å². The molecule has 21 heavy (non-hydrogen) atoms. The molecule has 0 saturated heterocycles. The third-order valence-corrected chi connectivity index (χ3v) is 3.14. The molecule has 2 aromatic heterocycles. The Bertz CT molecular complexity index is 563. The number of nitrogens with zero attached hydrogens (tertiary/aromatic N) is 4. The maximum atomic E-state index is 4.46. The normalized spacial score (nSPS) is 10.6. The van der Waals surface area contributed by atoms with E-state index < -0.39 is 0 Å². The minimum absolute atomic E-state index is 0.681. The largest absolute Gasteiger partial charge is 0.370 e. The molecule has 0 spiro atoms.